The molecule has 0 heterocycles. The summed E-state index contributed by atoms with van der Waals surface area (Å²) in [5.74, 6) is 2.99. The summed E-state index contributed by atoms with van der Waals surface area (Å²) in [5, 5.41) is 32.1. The molecule has 38 heavy (non-hydrogen) atoms. The van der Waals surface area contributed by atoms with Gasteiger partial charge >= 0.3 is 0 Å². The fraction of sp³-hybridized carbons (Fsp3) is 0.758. The summed E-state index contributed by atoms with van der Waals surface area (Å²) in [6.45, 7) is 7.20. The molecule has 4 aliphatic rings. The Morgan fingerprint density at radius 3 is 2.45 bits per heavy atom. The van der Waals surface area contributed by atoms with Gasteiger partial charge in [-0.1, -0.05) is 51.8 Å². The zero-order valence-electron chi connectivity index (χ0n) is 23.8. The van der Waals surface area contributed by atoms with Crippen molar-refractivity contribution in [1.82, 2.24) is 0 Å². The Hall–Kier alpha value is -1.43. The number of hydrogen-bond acceptors (Lipinski definition) is 4. The first-order valence-electron chi connectivity index (χ1n) is 15.1. The van der Waals surface area contributed by atoms with Crippen molar-refractivity contribution in [2.75, 3.05) is 7.11 Å². The minimum Gasteiger partial charge on any atom is -0.496 e. The van der Waals surface area contributed by atoms with Gasteiger partial charge in [0.15, 0.2) is 0 Å². The van der Waals surface area contributed by atoms with Crippen LogP contribution in [0.4, 0.5) is 4.39 Å². The molecule has 11 atom stereocenters. The maximum atomic E-state index is 14.5. The Morgan fingerprint density at radius 1 is 1.00 bits per heavy atom. The number of hydrogen-bond donors (Lipinski definition) is 3. The first-order valence-corrected chi connectivity index (χ1v) is 15.1. The largest absolute Gasteiger partial charge is 0.496 e. The van der Waals surface area contributed by atoms with Crippen molar-refractivity contribution in [2.24, 2.45) is 46.3 Å². The second kappa shape index (κ2) is 10.9. The Kier molecular flexibility index (Phi) is 8.03. The smallest absolute Gasteiger partial charge is 0.124 e. The molecule has 0 spiro atoms. The molecule has 0 aliphatic heterocycles. The molecule has 0 radical (unpaired) electrons. The number of para-hydroxylation sites is 1. The monoisotopic (exact) mass is 528 g/mol. The zero-order chi connectivity index (χ0) is 27.2. The first kappa shape index (κ1) is 28.1. The molecule has 0 aromatic heterocycles. The molecular weight excluding hydrogens is 479 g/mol. The summed E-state index contributed by atoms with van der Waals surface area (Å²) in [6, 6.07) is 7.73. The quantitative estimate of drug-likeness (QED) is 0.357. The molecule has 3 N–H and O–H groups in total. The highest BCUT2D eigenvalue weighted by atomic mass is 19.1. The van der Waals surface area contributed by atoms with E-state index in [-0.39, 0.29) is 22.7 Å². The number of benzene rings is 1. The molecule has 5 heteroatoms. The van der Waals surface area contributed by atoms with Gasteiger partial charge in [0.2, 0.25) is 0 Å². The third-order valence-corrected chi connectivity index (χ3v) is 12.2. The van der Waals surface area contributed by atoms with E-state index in [0.717, 1.165) is 68.2 Å². The van der Waals surface area contributed by atoms with Gasteiger partial charge in [-0.2, -0.15) is 0 Å². The van der Waals surface area contributed by atoms with Crippen molar-refractivity contribution in [1.29, 1.82) is 0 Å². The molecule has 4 aliphatic carbocycles. The van der Waals surface area contributed by atoms with Crippen LogP contribution in [-0.2, 0) is 0 Å². The molecule has 4 nitrogen and oxygen atoms in total. The number of allylic oxidation sites excluding steroid dienone is 1. The maximum absolute atomic E-state index is 14.5. The second-order valence-electron chi connectivity index (χ2n) is 13.7. The van der Waals surface area contributed by atoms with Crippen LogP contribution < -0.4 is 4.74 Å². The standard InChI is InChI=1S/C33H49FO4/c1-20(8-7-10-27(35)22-9-5-6-11-29(22)38-4)23-12-13-24-30-21(19-34)18-26-31(37)28(36)15-17-33(26,3)25(30)14-16-32(23,24)2/h5-6,9,11,19-20,23-28,30-31,35-37H,7-8,10,12-18H2,1-4H3/t20-,23-,24+,25+,26+,27?,28+,30-,31-,32-,33-/m1/s1. The summed E-state index contributed by atoms with van der Waals surface area (Å²) >= 11 is 0. The van der Waals surface area contributed by atoms with E-state index in [1.807, 2.05) is 24.3 Å². The van der Waals surface area contributed by atoms with Gasteiger partial charge in [-0.15, -0.1) is 0 Å². The van der Waals surface area contributed by atoms with E-state index in [2.05, 4.69) is 20.8 Å². The molecule has 0 bridgehead atoms. The number of fused-ring (bicyclic) bond motifs is 5. The minimum atomic E-state index is -0.750. The summed E-state index contributed by atoms with van der Waals surface area (Å²) in [4.78, 5) is 0. The average molecular weight is 529 g/mol. The number of rotatable bonds is 7. The normalized spacial score (nSPS) is 43.2. The van der Waals surface area contributed by atoms with Crippen LogP contribution in [-0.4, -0.2) is 34.6 Å². The van der Waals surface area contributed by atoms with E-state index in [1.54, 1.807) is 7.11 Å². The van der Waals surface area contributed by atoms with Crippen molar-refractivity contribution in [3.05, 3.63) is 41.7 Å². The van der Waals surface area contributed by atoms with Gasteiger partial charge in [-0.05, 0) is 109 Å². The van der Waals surface area contributed by atoms with Crippen LogP contribution >= 0.6 is 0 Å². The number of halogens is 1. The van der Waals surface area contributed by atoms with Gasteiger partial charge in [0.1, 0.15) is 5.75 Å². The van der Waals surface area contributed by atoms with Gasteiger partial charge in [0.25, 0.3) is 0 Å². The highest BCUT2D eigenvalue weighted by molar-refractivity contribution is 5.34. The van der Waals surface area contributed by atoms with Gasteiger partial charge in [0, 0.05) is 5.56 Å². The van der Waals surface area contributed by atoms with Crippen LogP contribution in [0.3, 0.4) is 0 Å². The molecule has 4 saturated carbocycles. The lowest BCUT2D eigenvalue weighted by Gasteiger charge is -2.62. The van der Waals surface area contributed by atoms with Crippen LogP contribution in [0.5, 0.6) is 5.75 Å². The maximum Gasteiger partial charge on any atom is 0.124 e. The van der Waals surface area contributed by atoms with Gasteiger partial charge in [-0.3, -0.25) is 0 Å². The van der Waals surface area contributed by atoms with Crippen molar-refractivity contribution in [2.45, 2.75) is 103 Å². The summed E-state index contributed by atoms with van der Waals surface area (Å²) < 4.78 is 19.9. The van der Waals surface area contributed by atoms with Gasteiger partial charge in [-0.25, -0.2) is 4.39 Å². The molecule has 1 aromatic rings. The zero-order valence-corrected chi connectivity index (χ0v) is 23.8. The topological polar surface area (TPSA) is 69.9 Å². The van der Waals surface area contributed by atoms with E-state index in [0.29, 0.717) is 36.5 Å². The van der Waals surface area contributed by atoms with Crippen LogP contribution in [0.1, 0.15) is 96.6 Å². The lowest BCUT2D eigenvalue weighted by atomic mass is 9.43. The van der Waals surface area contributed by atoms with Crippen molar-refractivity contribution < 1.29 is 24.4 Å². The van der Waals surface area contributed by atoms with Crippen LogP contribution in [0.2, 0.25) is 0 Å². The minimum absolute atomic E-state index is 0.0323. The number of ether oxygens (including phenoxy) is 1. The fourth-order valence-electron chi connectivity index (χ4n) is 10.1. The average Bonchev–Trinajstić information content (AvgIpc) is 3.28. The molecule has 5 rings (SSSR count). The summed E-state index contributed by atoms with van der Waals surface area (Å²) in [5.41, 5.74) is 1.93. The molecule has 0 amide bonds. The molecule has 4 fully saturated rings. The Bertz CT molecular complexity index is 1010. The van der Waals surface area contributed by atoms with Crippen LogP contribution in [0.25, 0.3) is 0 Å². The van der Waals surface area contributed by atoms with E-state index in [1.165, 1.54) is 6.42 Å². The SMILES string of the molecule is COc1ccccc1C(O)CCC[C@@H](C)[C@H]1CC[C@H]2[C@H]3C(=CF)C[C@H]4[C@@H](O)[C@@H](O)CC[C@]4(C)[C@H]3CC[C@]12C. The molecule has 1 unspecified atom stereocenters. The number of methoxy groups -OCH3 is 1. The van der Waals surface area contributed by atoms with E-state index < -0.39 is 18.3 Å². The van der Waals surface area contributed by atoms with Crippen LogP contribution in [0.15, 0.2) is 36.2 Å². The molecule has 1 aromatic carbocycles. The van der Waals surface area contributed by atoms with E-state index in [4.69, 9.17) is 4.74 Å². The van der Waals surface area contributed by atoms with E-state index >= 15 is 0 Å². The highest BCUT2D eigenvalue weighted by Crippen LogP contribution is 2.69. The van der Waals surface area contributed by atoms with E-state index in [9.17, 15) is 19.7 Å². The molecular formula is C33H49FO4. The fourth-order valence-corrected chi connectivity index (χ4v) is 10.1. The number of aliphatic hydroxyl groups excluding tert-OH is 3. The van der Waals surface area contributed by atoms with Crippen molar-refractivity contribution >= 4 is 0 Å². The predicted octanol–water partition coefficient (Wildman–Crippen LogP) is 6.99. The van der Waals surface area contributed by atoms with Crippen LogP contribution in [0, 0.1) is 46.3 Å². The third kappa shape index (κ3) is 4.55. The Labute approximate surface area is 228 Å². The van der Waals surface area contributed by atoms with Crippen molar-refractivity contribution in [3.8, 4) is 5.75 Å². The highest BCUT2D eigenvalue weighted by Gasteiger charge is 2.63. The first-order chi connectivity index (χ1) is 18.2. The molecule has 0 saturated heterocycles. The summed E-state index contributed by atoms with van der Waals surface area (Å²) in [7, 11) is 1.65. The van der Waals surface area contributed by atoms with Gasteiger partial charge < -0.3 is 20.1 Å². The van der Waals surface area contributed by atoms with Crippen molar-refractivity contribution in [3.63, 3.8) is 0 Å². The second-order valence-corrected chi connectivity index (χ2v) is 13.7. The van der Waals surface area contributed by atoms with Gasteiger partial charge in [0.05, 0.1) is 31.8 Å². The predicted molar refractivity (Wildman–Crippen MR) is 148 cm³/mol. The molecule has 212 valence electrons. The Balaban J connectivity index is 1.27. The lowest BCUT2D eigenvalue weighted by molar-refractivity contribution is -0.159. The lowest BCUT2D eigenvalue weighted by Crippen LogP contribution is -2.59. The Morgan fingerprint density at radius 2 is 1.71 bits per heavy atom. The summed E-state index contributed by atoms with van der Waals surface area (Å²) in [6.07, 6.45) is 8.46. The number of aliphatic hydroxyl groups is 3. The third-order valence-electron chi connectivity index (χ3n) is 12.2.